The van der Waals surface area contributed by atoms with E-state index in [1.807, 2.05) is 0 Å². The third-order valence-electron chi connectivity index (χ3n) is 2.75. The van der Waals surface area contributed by atoms with Crippen LogP contribution in [0.15, 0.2) is 0 Å². The molecule has 0 radical (unpaired) electrons. The first kappa shape index (κ1) is 9.01. The van der Waals surface area contributed by atoms with E-state index in [0.717, 1.165) is 19.3 Å². The van der Waals surface area contributed by atoms with Crippen molar-refractivity contribution in [2.75, 3.05) is 0 Å². The fourth-order valence-corrected chi connectivity index (χ4v) is 1.94. The van der Waals surface area contributed by atoms with Gasteiger partial charge < -0.3 is 10.2 Å². The van der Waals surface area contributed by atoms with Gasteiger partial charge >= 0.3 is 0 Å². The van der Waals surface area contributed by atoms with Crippen LogP contribution in [0.3, 0.4) is 0 Å². The molecule has 0 amide bonds. The molecule has 1 aliphatic carbocycles. The first-order chi connectivity index (χ1) is 5.11. The largest absolute Gasteiger partial charge is 0.393 e. The molecule has 0 spiro atoms. The molecule has 11 heavy (non-hydrogen) atoms. The van der Waals surface area contributed by atoms with Crippen LogP contribution in [0.2, 0.25) is 0 Å². The van der Waals surface area contributed by atoms with E-state index in [1.165, 1.54) is 0 Å². The summed E-state index contributed by atoms with van der Waals surface area (Å²) in [6, 6.07) is 0. The van der Waals surface area contributed by atoms with Gasteiger partial charge in [0, 0.05) is 5.92 Å². The van der Waals surface area contributed by atoms with Crippen molar-refractivity contribution >= 4 is 0 Å². The Morgan fingerprint density at radius 3 is 2.45 bits per heavy atom. The van der Waals surface area contributed by atoms with Gasteiger partial charge in [-0.25, -0.2) is 0 Å². The van der Waals surface area contributed by atoms with Gasteiger partial charge in [-0.2, -0.15) is 0 Å². The minimum absolute atomic E-state index is 0.117. The zero-order chi connectivity index (χ0) is 8.43. The van der Waals surface area contributed by atoms with Crippen LogP contribution in [0.25, 0.3) is 0 Å². The number of aliphatic hydroxyl groups is 2. The number of rotatable bonds is 1. The summed E-state index contributed by atoms with van der Waals surface area (Å²) in [4.78, 5) is 0. The van der Waals surface area contributed by atoms with Crippen LogP contribution >= 0.6 is 0 Å². The summed E-state index contributed by atoms with van der Waals surface area (Å²) in [5.41, 5.74) is 0. The lowest BCUT2D eigenvalue weighted by molar-refractivity contribution is -0.0168. The average Bonchev–Trinajstić information content (AvgIpc) is 1.85. The van der Waals surface area contributed by atoms with Crippen molar-refractivity contribution in [3.63, 3.8) is 0 Å². The van der Waals surface area contributed by atoms with Gasteiger partial charge in [0.25, 0.3) is 0 Å². The molecule has 0 aromatic heterocycles. The van der Waals surface area contributed by atoms with E-state index in [-0.39, 0.29) is 18.1 Å². The number of aliphatic hydroxyl groups excluding tert-OH is 2. The minimum atomic E-state index is -0.350. The van der Waals surface area contributed by atoms with Gasteiger partial charge in [-0.15, -0.1) is 0 Å². The highest BCUT2D eigenvalue weighted by molar-refractivity contribution is 4.80. The van der Waals surface area contributed by atoms with Crippen molar-refractivity contribution in [1.82, 2.24) is 0 Å². The van der Waals surface area contributed by atoms with E-state index in [1.54, 1.807) is 6.92 Å². The molecule has 0 bridgehead atoms. The first-order valence-corrected chi connectivity index (χ1v) is 4.47. The first-order valence-electron chi connectivity index (χ1n) is 4.47. The van der Waals surface area contributed by atoms with E-state index >= 15 is 0 Å². The van der Waals surface area contributed by atoms with Gasteiger partial charge in [0.1, 0.15) is 0 Å². The molecule has 1 saturated carbocycles. The lowest BCUT2D eigenvalue weighted by Gasteiger charge is -2.33. The van der Waals surface area contributed by atoms with Gasteiger partial charge in [0.2, 0.25) is 0 Å². The van der Waals surface area contributed by atoms with Gasteiger partial charge in [-0.1, -0.05) is 13.3 Å². The maximum absolute atomic E-state index is 9.55. The monoisotopic (exact) mass is 158 g/mol. The van der Waals surface area contributed by atoms with Crippen LogP contribution < -0.4 is 0 Å². The Hall–Kier alpha value is -0.0800. The molecule has 2 nitrogen and oxygen atoms in total. The molecule has 1 rings (SSSR count). The Labute approximate surface area is 68.2 Å². The van der Waals surface area contributed by atoms with Gasteiger partial charge in [-0.05, 0) is 25.7 Å². The second-order valence-corrected chi connectivity index (χ2v) is 3.89. The van der Waals surface area contributed by atoms with E-state index in [0.29, 0.717) is 5.92 Å². The van der Waals surface area contributed by atoms with Crippen LogP contribution in [-0.2, 0) is 0 Å². The quantitative estimate of drug-likeness (QED) is 0.601. The zero-order valence-electron chi connectivity index (χ0n) is 7.33. The second-order valence-electron chi connectivity index (χ2n) is 3.89. The summed E-state index contributed by atoms with van der Waals surface area (Å²) in [5, 5.41) is 18.8. The molecule has 66 valence electrons. The molecule has 0 aliphatic heterocycles. The molecule has 0 saturated heterocycles. The van der Waals surface area contributed by atoms with Gasteiger partial charge in [0.05, 0.1) is 12.2 Å². The maximum Gasteiger partial charge on any atom is 0.0595 e. The summed E-state index contributed by atoms with van der Waals surface area (Å²) in [6.07, 6.45) is 2.35. The Kier molecular flexibility index (Phi) is 2.90. The Balaban J connectivity index is 2.44. The second kappa shape index (κ2) is 3.55. The normalized spacial score (nSPS) is 42.0. The highest BCUT2D eigenvalue weighted by Gasteiger charge is 2.29. The Morgan fingerprint density at radius 2 is 2.00 bits per heavy atom. The SMILES string of the molecule is C[C@@H]1CC[C@@H]([C@H](C)O)[C@H](O)C1. The van der Waals surface area contributed by atoms with Crippen LogP contribution in [0.4, 0.5) is 0 Å². The third-order valence-corrected chi connectivity index (χ3v) is 2.75. The van der Waals surface area contributed by atoms with E-state index in [2.05, 4.69) is 6.92 Å². The van der Waals surface area contributed by atoms with Crippen molar-refractivity contribution < 1.29 is 10.2 Å². The van der Waals surface area contributed by atoms with Crippen LogP contribution in [0, 0.1) is 11.8 Å². The fraction of sp³-hybridized carbons (Fsp3) is 1.00. The summed E-state index contributed by atoms with van der Waals surface area (Å²) >= 11 is 0. The molecule has 4 atom stereocenters. The highest BCUT2D eigenvalue weighted by Crippen LogP contribution is 2.30. The molecular formula is C9H18O2. The molecule has 1 aliphatic rings. The van der Waals surface area contributed by atoms with E-state index < -0.39 is 0 Å². The topological polar surface area (TPSA) is 40.5 Å². The lowest BCUT2D eigenvalue weighted by atomic mass is 9.78. The minimum Gasteiger partial charge on any atom is -0.393 e. The van der Waals surface area contributed by atoms with Crippen molar-refractivity contribution in [2.24, 2.45) is 11.8 Å². The summed E-state index contributed by atoms with van der Waals surface area (Å²) in [7, 11) is 0. The average molecular weight is 158 g/mol. The summed E-state index contributed by atoms with van der Waals surface area (Å²) in [6.45, 7) is 3.92. The fourth-order valence-electron chi connectivity index (χ4n) is 1.94. The van der Waals surface area contributed by atoms with Crippen LogP contribution in [-0.4, -0.2) is 22.4 Å². The van der Waals surface area contributed by atoms with E-state index in [4.69, 9.17) is 0 Å². The molecule has 0 aromatic carbocycles. The van der Waals surface area contributed by atoms with Crippen molar-refractivity contribution in [1.29, 1.82) is 0 Å². The standard InChI is InChI=1S/C9H18O2/c1-6-3-4-8(7(2)10)9(11)5-6/h6-11H,3-5H2,1-2H3/t6-,7+,8+,9-/m1/s1. The maximum atomic E-state index is 9.55. The zero-order valence-corrected chi connectivity index (χ0v) is 7.33. The predicted molar refractivity (Wildman–Crippen MR) is 44.2 cm³/mol. The van der Waals surface area contributed by atoms with Crippen LogP contribution in [0.1, 0.15) is 33.1 Å². The number of hydrogen-bond acceptors (Lipinski definition) is 2. The van der Waals surface area contributed by atoms with Crippen molar-refractivity contribution in [3.05, 3.63) is 0 Å². The summed E-state index contributed by atoms with van der Waals surface area (Å²) in [5.74, 6) is 0.742. The van der Waals surface area contributed by atoms with Gasteiger partial charge in [-0.3, -0.25) is 0 Å². The Bertz CT molecular complexity index is 123. The van der Waals surface area contributed by atoms with Crippen molar-refractivity contribution in [2.45, 2.75) is 45.3 Å². The van der Waals surface area contributed by atoms with Crippen LogP contribution in [0.5, 0.6) is 0 Å². The van der Waals surface area contributed by atoms with Gasteiger partial charge in [0.15, 0.2) is 0 Å². The number of hydrogen-bond donors (Lipinski definition) is 2. The molecular weight excluding hydrogens is 140 g/mol. The molecule has 2 N–H and O–H groups in total. The summed E-state index contributed by atoms with van der Waals surface area (Å²) < 4.78 is 0. The molecule has 0 aromatic rings. The molecule has 0 heterocycles. The Morgan fingerprint density at radius 1 is 1.36 bits per heavy atom. The molecule has 2 heteroatoms. The smallest absolute Gasteiger partial charge is 0.0595 e. The van der Waals surface area contributed by atoms with E-state index in [9.17, 15) is 10.2 Å². The highest BCUT2D eigenvalue weighted by atomic mass is 16.3. The molecule has 0 unspecified atom stereocenters. The molecule has 1 fully saturated rings. The lowest BCUT2D eigenvalue weighted by Crippen LogP contribution is -2.35. The van der Waals surface area contributed by atoms with Crippen molar-refractivity contribution in [3.8, 4) is 0 Å². The predicted octanol–water partition coefficient (Wildman–Crippen LogP) is 1.16. The third kappa shape index (κ3) is 2.17.